The summed E-state index contributed by atoms with van der Waals surface area (Å²) >= 11 is 0. The van der Waals surface area contributed by atoms with Crippen LogP contribution in [0, 0.1) is 6.92 Å². The number of β-amino-alcohol motifs (C(OH)–C–C–N with tert-alkyl or cyclic N) is 1. The number of ether oxygens (including phenoxy) is 1. The number of hydrogen-bond acceptors (Lipinski definition) is 4. The van der Waals surface area contributed by atoms with E-state index in [-0.39, 0.29) is 19.1 Å². The van der Waals surface area contributed by atoms with Gasteiger partial charge < -0.3 is 14.7 Å². The number of hydrogen-bond donors (Lipinski definition) is 1. The lowest BCUT2D eigenvalue weighted by Crippen LogP contribution is -2.53. The summed E-state index contributed by atoms with van der Waals surface area (Å²) in [6.45, 7) is 3.01. The van der Waals surface area contributed by atoms with Crippen molar-refractivity contribution < 1.29 is 14.6 Å². The molecule has 144 valence electrons. The summed E-state index contributed by atoms with van der Waals surface area (Å²) in [6.07, 6.45) is 3.04. The number of likely N-dealkylation sites (tertiary alicyclic amines) is 1. The Morgan fingerprint density at radius 1 is 1.18 bits per heavy atom. The van der Waals surface area contributed by atoms with E-state index in [1.165, 1.54) is 0 Å². The summed E-state index contributed by atoms with van der Waals surface area (Å²) < 4.78 is 5.88. The van der Waals surface area contributed by atoms with Crippen LogP contribution in [0.1, 0.15) is 28.8 Å². The minimum atomic E-state index is -1.06. The lowest BCUT2D eigenvalue weighted by atomic mass is 9.93. The van der Waals surface area contributed by atoms with Crippen LogP contribution >= 0.6 is 0 Å². The maximum atomic E-state index is 13.2. The summed E-state index contributed by atoms with van der Waals surface area (Å²) in [6, 6.07) is 17.2. The highest BCUT2D eigenvalue weighted by Crippen LogP contribution is 2.26. The minimum absolute atomic E-state index is 0.0988. The standard InChI is InChI=1S/C23H24N2O3/c1-17-7-2-3-11-20(17)28-16-23(27)12-6-14-25(15-23)22(26)19-10-4-8-18-9-5-13-24-21(18)19/h2-5,7-11,13,27H,6,12,14-16H2,1H3. The van der Waals surface area contributed by atoms with Crippen molar-refractivity contribution in [1.82, 2.24) is 9.88 Å². The maximum absolute atomic E-state index is 13.2. The number of aryl methyl sites for hydroxylation is 1. The van der Waals surface area contributed by atoms with Crippen molar-refractivity contribution in [3.63, 3.8) is 0 Å². The quantitative estimate of drug-likeness (QED) is 0.756. The minimum Gasteiger partial charge on any atom is -0.490 e. The second kappa shape index (κ2) is 7.60. The van der Waals surface area contributed by atoms with Crippen LogP contribution in [0.15, 0.2) is 60.8 Å². The van der Waals surface area contributed by atoms with Crippen LogP contribution < -0.4 is 4.74 Å². The van der Waals surface area contributed by atoms with Gasteiger partial charge in [0.1, 0.15) is 18.0 Å². The van der Waals surface area contributed by atoms with Gasteiger partial charge >= 0.3 is 0 Å². The first kappa shape index (κ1) is 18.4. The number of rotatable bonds is 4. The van der Waals surface area contributed by atoms with E-state index in [1.807, 2.05) is 55.5 Å². The largest absolute Gasteiger partial charge is 0.490 e. The highest BCUT2D eigenvalue weighted by Gasteiger charge is 2.36. The highest BCUT2D eigenvalue weighted by molar-refractivity contribution is 6.05. The second-order valence-electron chi connectivity index (χ2n) is 7.49. The number of aliphatic hydroxyl groups is 1. The van der Waals surface area contributed by atoms with Gasteiger partial charge in [0, 0.05) is 18.1 Å². The number of pyridine rings is 1. The molecule has 1 atom stereocenters. The van der Waals surface area contributed by atoms with E-state index >= 15 is 0 Å². The van der Waals surface area contributed by atoms with E-state index < -0.39 is 5.60 Å². The first-order chi connectivity index (χ1) is 13.6. The van der Waals surface area contributed by atoms with Gasteiger partial charge in [0.2, 0.25) is 0 Å². The zero-order chi connectivity index (χ0) is 19.6. The summed E-state index contributed by atoms with van der Waals surface area (Å²) in [5.41, 5.74) is 1.23. The third kappa shape index (κ3) is 3.71. The van der Waals surface area contributed by atoms with Crippen LogP contribution in [0.4, 0.5) is 0 Å². The fourth-order valence-electron chi connectivity index (χ4n) is 3.78. The molecule has 1 unspecified atom stereocenters. The molecule has 2 aromatic carbocycles. The Hall–Kier alpha value is -2.92. The van der Waals surface area contributed by atoms with Crippen LogP contribution in [-0.4, -0.2) is 46.2 Å². The third-order valence-electron chi connectivity index (χ3n) is 5.30. The molecule has 0 spiro atoms. The average Bonchev–Trinajstić information content (AvgIpc) is 2.72. The van der Waals surface area contributed by atoms with Gasteiger partial charge in [0.15, 0.2) is 0 Å². The fourth-order valence-corrected chi connectivity index (χ4v) is 3.78. The molecule has 1 N–H and O–H groups in total. The molecule has 0 saturated carbocycles. The summed E-state index contributed by atoms with van der Waals surface area (Å²) in [5.74, 6) is 0.663. The number of benzene rings is 2. The molecule has 5 nitrogen and oxygen atoms in total. The molecular formula is C23H24N2O3. The monoisotopic (exact) mass is 376 g/mol. The van der Waals surface area contributed by atoms with Gasteiger partial charge in [-0.15, -0.1) is 0 Å². The number of para-hydroxylation sites is 2. The Morgan fingerprint density at radius 3 is 2.86 bits per heavy atom. The Bertz CT molecular complexity index is 999. The summed E-state index contributed by atoms with van der Waals surface area (Å²) in [7, 11) is 0. The van der Waals surface area contributed by atoms with Crippen molar-refractivity contribution in [3.05, 3.63) is 71.9 Å². The van der Waals surface area contributed by atoms with Gasteiger partial charge in [-0.2, -0.15) is 0 Å². The van der Waals surface area contributed by atoms with Crippen molar-refractivity contribution >= 4 is 16.8 Å². The molecular weight excluding hydrogens is 352 g/mol. The highest BCUT2D eigenvalue weighted by atomic mass is 16.5. The number of aromatic nitrogens is 1. The lowest BCUT2D eigenvalue weighted by Gasteiger charge is -2.39. The Kier molecular flexibility index (Phi) is 5.01. The number of carbonyl (C=O) groups is 1. The molecule has 0 bridgehead atoms. The van der Waals surface area contributed by atoms with Crippen LogP contribution in [0.2, 0.25) is 0 Å². The van der Waals surface area contributed by atoms with Gasteiger partial charge in [0.05, 0.1) is 17.6 Å². The van der Waals surface area contributed by atoms with E-state index in [9.17, 15) is 9.90 Å². The van der Waals surface area contributed by atoms with Crippen LogP contribution in [0.3, 0.4) is 0 Å². The van der Waals surface area contributed by atoms with Gasteiger partial charge in [-0.25, -0.2) is 0 Å². The Morgan fingerprint density at radius 2 is 2.00 bits per heavy atom. The molecule has 5 heteroatoms. The Labute approximate surface area is 164 Å². The van der Waals surface area contributed by atoms with E-state index in [2.05, 4.69) is 4.98 Å². The predicted molar refractivity (Wildman–Crippen MR) is 109 cm³/mol. The molecule has 1 saturated heterocycles. The van der Waals surface area contributed by atoms with Crippen LogP contribution in [-0.2, 0) is 0 Å². The first-order valence-corrected chi connectivity index (χ1v) is 9.60. The van der Waals surface area contributed by atoms with Crippen molar-refractivity contribution in [2.75, 3.05) is 19.7 Å². The van der Waals surface area contributed by atoms with Crippen molar-refractivity contribution in [3.8, 4) is 5.75 Å². The number of amides is 1. The molecule has 3 aromatic rings. The van der Waals surface area contributed by atoms with Crippen molar-refractivity contribution in [1.29, 1.82) is 0 Å². The average molecular weight is 376 g/mol. The molecule has 1 aliphatic rings. The SMILES string of the molecule is Cc1ccccc1OCC1(O)CCCN(C(=O)c2cccc3cccnc23)C1. The maximum Gasteiger partial charge on any atom is 0.256 e. The van der Waals surface area contributed by atoms with Crippen molar-refractivity contribution in [2.45, 2.75) is 25.4 Å². The number of fused-ring (bicyclic) bond motifs is 1. The third-order valence-corrected chi connectivity index (χ3v) is 5.30. The van der Waals surface area contributed by atoms with E-state index in [0.29, 0.717) is 24.0 Å². The van der Waals surface area contributed by atoms with E-state index in [4.69, 9.17) is 4.74 Å². The topological polar surface area (TPSA) is 62.7 Å². The molecule has 28 heavy (non-hydrogen) atoms. The van der Waals surface area contributed by atoms with Gasteiger partial charge in [0.25, 0.3) is 5.91 Å². The number of carbonyl (C=O) groups excluding carboxylic acids is 1. The number of piperidine rings is 1. The van der Waals surface area contributed by atoms with Gasteiger partial charge in [-0.3, -0.25) is 9.78 Å². The van der Waals surface area contributed by atoms with Crippen LogP contribution in [0.25, 0.3) is 10.9 Å². The smallest absolute Gasteiger partial charge is 0.256 e. The number of nitrogens with zero attached hydrogens (tertiary/aromatic N) is 2. The lowest BCUT2D eigenvalue weighted by molar-refractivity contribution is -0.0532. The molecule has 4 rings (SSSR count). The molecule has 1 aliphatic heterocycles. The normalized spacial score (nSPS) is 19.6. The second-order valence-corrected chi connectivity index (χ2v) is 7.49. The molecule has 2 heterocycles. The molecule has 1 amide bonds. The van der Waals surface area contributed by atoms with Gasteiger partial charge in [-0.1, -0.05) is 36.4 Å². The summed E-state index contributed by atoms with van der Waals surface area (Å²) in [5, 5.41) is 12.0. The van der Waals surface area contributed by atoms with Crippen molar-refractivity contribution in [2.24, 2.45) is 0 Å². The van der Waals surface area contributed by atoms with Gasteiger partial charge in [-0.05, 0) is 43.5 Å². The first-order valence-electron chi connectivity index (χ1n) is 9.60. The fraction of sp³-hybridized carbons (Fsp3) is 0.304. The molecule has 0 radical (unpaired) electrons. The van der Waals surface area contributed by atoms with E-state index in [0.717, 1.165) is 23.1 Å². The zero-order valence-corrected chi connectivity index (χ0v) is 16.0. The summed E-state index contributed by atoms with van der Waals surface area (Å²) in [4.78, 5) is 19.3. The van der Waals surface area contributed by atoms with Crippen LogP contribution in [0.5, 0.6) is 5.75 Å². The molecule has 1 fully saturated rings. The molecule has 1 aromatic heterocycles. The Balaban J connectivity index is 1.51. The zero-order valence-electron chi connectivity index (χ0n) is 16.0. The predicted octanol–water partition coefficient (Wildman–Crippen LogP) is 3.59. The molecule has 0 aliphatic carbocycles. The van der Waals surface area contributed by atoms with E-state index in [1.54, 1.807) is 17.2 Å².